The molecule has 0 aromatic heterocycles. The minimum Gasteiger partial charge on any atom is -0.385 e. The molecule has 0 saturated carbocycles. The molecular weight excluding hydrogens is 314 g/mol. The third-order valence-corrected chi connectivity index (χ3v) is 4.42. The van der Waals surface area contributed by atoms with Crippen molar-refractivity contribution < 1.29 is 9.59 Å². The van der Waals surface area contributed by atoms with Crippen LogP contribution in [-0.2, 0) is 4.79 Å². The van der Waals surface area contributed by atoms with Crippen molar-refractivity contribution >= 4 is 29.1 Å². The molecule has 1 heterocycles. The molecule has 0 aliphatic carbocycles. The Morgan fingerprint density at radius 2 is 2.17 bits per heavy atom. The summed E-state index contributed by atoms with van der Waals surface area (Å²) >= 11 is 6.05. The fraction of sp³-hybridized carbons (Fsp3) is 0.529. The first-order chi connectivity index (χ1) is 10.9. The number of nitrogens with one attached hydrogen (secondary N) is 1. The Labute approximate surface area is 142 Å². The van der Waals surface area contributed by atoms with Gasteiger partial charge in [-0.1, -0.05) is 11.6 Å². The van der Waals surface area contributed by atoms with E-state index in [0.717, 1.165) is 31.7 Å². The van der Waals surface area contributed by atoms with Gasteiger partial charge in [0.15, 0.2) is 0 Å². The lowest BCUT2D eigenvalue weighted by atomic mass is 10.1. The maximum Gasteiger partial charge on any atom is 0.255 e. The minimum atomic E-state index is -0.0512. The van der Waals surface area contributed by atoms with Crippen molar-refractivity contribution in [2.24, 2.45) is 5.92 Å². The van der Waals surface area contributed by atoms with E-state index in [-0.39, 0.29) is 11.8 Å². The van der Waals surface area contributed by atoms with E-state index in [1.165, 1.54) is 0 Å². The number of nitrogens with zero attached hydrogens (tertiary/aromatic N) is 2. The fourth-order valence-electron chi connectivity index (χ4n) is 2.98. The highest BCUT2D eigenvalue weighted by atomic mass is 35.5. The molecule has 0 unspecified atom stereocenters. The smallest absolute Gasteiger partial charge is 0.255 e. The Morgan fingerprint density at radius 3 is 2.78 bits per heavy atom. The normalized spacial score (nSPS) is 17.2. The van der Waals surface area contributed by atoms with Crippen LogP contribution in [0.15, 0.2) is 18.2 Å². The molecule has 0 spiro atoms. The molecule has 1 aromatic carbocycles. The highest BCUT2D eigenvalue weighted by molar-refractivity contribution is 6.31. The van der Waals surface area contributed by atoms with E-state index in [1.54, 1.807) is 31.0 Å². The molecule has 1 aliphatic rings. The number of carbonyl (C=O) groups is 2. The molecule has 126 valence electrons. The van der Waals surface area contributed by atoms with Crippen LogP contribution in [0.3, 0.4) is 0 Å². The summed E-state index contributed by atoms with van der Waals surface area (Å²) in [5.41, 5.74) is 1.38. The van der Waals surface area contributed by atoms with Crippen LogP contribution in [0.4, 0.5) is 5.69 Å². The molecule has 1 N–H and O–H groups in total. The van der Waals surface area contributed by atoms with Gasteiger partial charge in [-0.2, -0.15) is 0 Å². The average Bonchev–Trinajstić information content (AvgIpc) is 2.97. The summed E-state index contributed by atoms with van der Waals surface area (Å²) in [6.07, 6.45) is 0.937. The largest absolute Gasteiger partial charge is 0.385 e. The number of benzene rings is 1. The van der Waals surface area contributed by atoms with E-state index in [9.17, 15) is 9.59 Å². The standard InChI is InChI=1S/C17H24ClN3O2/c1-4-19-16-6-5-14(18)9-15(16)17(23)20(3)10-13-7-8-21(11-13)12(2)22/h5-6,9,13,19H,4,7-8,10-11H2,1-3H3/t13-/m0/s1. The van der Waals surface area contributed by atoms with Gasteiger partial charge in [0.2, 0.25) is 5.91 Å². The molecule has 0 radical (unpaired) electrons. The second kappa shape index (κ2) is 7.68. The number of amides is 2. The van der Waals surface area contributed by atoms with E-state index in [0.29, 0.717) is 23.0 Å². The van der Waals surface area contributed by atoms with Crippen molar-refractivity contribution in [3.8, 4) is 0 Å². The van der Waals surface area contributed by atoms with E-state index in [4.69, 9.17) is 11.6 Å². The number of hydrogen-bond acceptors (Lipinski definition) is 3. The SMILES string of the molecule is CCNc1ccc(Cl)cc1C(=O)N(C)C[C@@H]1CCN(C(C)=O)C1. The van der Waals surface area contributed by atoms with Crippen LogP contribution in [0.2, 0.25) is 5.02 Å². The van der Waals surface area contributed by atoms with Crippen molar-refractivity contribution in [3.05, 3.63) is 28.8 Å². The molecule has 1 fully saturated rings. The van der Waals surface area contributed by atoms with Gasteiger partial charge in [0.05, 0.1) is 5.56 Å². The molecule has 1 saturated heterocycles. The molecular formula is C17H24ClN3O2. The summed E-state index contributed by atoms with van der Waals surface area (Å²) in [6, 6.07) is 5.31. The molecule has 23 heavy (non-hydrogen) atoms. The second-order valence-electron chi connectivity index (χ2n) is 6.03. The van der Waals surface area contributed by atoms with Crippen molar-refractivity contribution in [2.45, 2.75) is 20.3 Å². The van der Waals surface area contributed by atoms with E-state index < -0.39 is 0 Å². The van der Waals surface area contributed by atoms with Crippen molar-refractivity contribution in [3.63, 3.8) is 0 Å². The lowest BCUT2D eigenvalue weighted by molar-refractivity contribution is -0.127. The Bertz CT molecular complexity index is 591. The number of halogens is 1. The zero-order valence-corrected chi connectivity index (χ0v) is 14.7. The summed E-state index contributed by atoms with van der Waals surface area (Å²) in [5, 5.41) is 3.74. The highest BCUT2D eigenvalue weighted by Gasteiger charge is 2.27. The van der Waals surface area contributed by atoms with Crippen molar-refractivity contribution in [1.82, 2.24) is 9.80 Å². The first-order valence-corrected chi connectivity index (χ1v) is 8.34. The van der Waals surface area contributed by atoms with Gasteiger partial charge >= 0.3 is 0 Å². The summed E-state index contributed by atoms with van der Waals surface area (Å²) in [7, 11) is 1.80. The minimum absolute atomic E-state index is 0.0512. The molecule has 1 aromatic rings. The third kappa shape index (κ3) is 4.38. The van der Waals surface area contributed by atoms with E-state index in [1.807, 2.05) is 17.9 Å². The second-order valence-corrected chi connectivity index (χ2v) is 6.46. The van der Waals surface area contributed by atoms with Crippen molar-refractivity contribution in [1.29, 1.82) is 0 Å². The monoisotopic (exact) mass is 337 g/mol. The fourth-order valence-corrected chi connectivity index (χ4v) is 3.15. The lowest BCUT2D eigenvalue weighted by Crippen LogP contribution is -2.34. The van der Waals surface area contributed by atoms with Gasteiger partial charge < -0.3 is 15.1 Å². The van der Waals surface area contributed by atoms with Crippen LogP contribution in [0, 0.1) is 5.92 Å². The van der Waals surface area contributed by atoms with Crippen LogP contribution in [0.5, 0.6) is 0 Å². The van der Waals surface area contributed by atoms with Gasteiger partial charge in [-0.3, -0.25) is 9.59 Å². The Morgan fingerprint density at radius 1 is 1.43 bits per heavy atom. The summed E-state index contributed by atoms with van der Waals surface area (Å²) < 4.78 is 0. The van der Waals surface area contributed by atoms with Gasteiger partial charge in [-0.05, 0) is 37.5 Å². The topological polar surface area (TPSA) is 52.7 Å². The summed E-state index contributed by atoms with van der Waals surface area (Å²) in [6.45, 7) is 6.46. The molecule has 2 rings (SSSR count). The molecule has 0 bridgehead atoms. The van der Waals surface area contributed by atoms with Gasteiger partial charge in [-0.25, -0.2) is 0 Å². The van der Waals surface area contributed by atoms with Crippen LogP contribution in [0.1, 0.15) is 30.6 Å². The quantitative estimate of drug-likeness (QED) is 0.898. The van der Waals surface area contributed by atoms with Crippen LogP contribution < -0.4 is 5.32 Å². The molecule has 6 heteroatoms. The van der Waals surface area contributed by atoms with Gasteiger partial charge in [-0.15, -0.1) is 0 Å². The summed E-state index contributed by atoms with van der Waals surface area (Å²) in [4.78, 5) is 27.7. The maximum absolute atomic E-state index is 12.7. The molecule has 5 nitrogen and oxygen atoms in total. The Hall–Kier alpha value is -1.75. The van der Waals surface area contributed by atoms with Crippen LogP contribution >= 0.6 is 11.6 Å². The number of hydrogen-bond donors (Lipinski definition) is 1. The number of carbonyl (C=O) groups excluding carboxylic acids is 2. The van der Waals surface area contributed by atoms with Gasteiger partial charge in [0.1, 0.15) is 0 Å². The zero-order valence-electron chi connectivity index (χ0n) is 13.9. The van der Waals surface area contributed by atoms with Gasteiger partial charge in [0.25, 0.3) is 5.91 Å². The highest BCUT2D eigenvalue weighted by Crippen LogP contribution is 2.23. The molecule has 2 amide bonds. The molecule has 1 aliphatic heterocycles. The first-order valence-electron chi connectivity index (χ1n) is 7.96. The lowest BCUT2D eigenvalue weighted by Gasteiger charge is -2.23. The maximum atomic E-state index is 12.7. The van der Waals surface area contributed by atoms with Gasteiger partial charge in [0, 0.05) is 50.9 Å². The van der Waals surface area contributed by atoms with E-state index >= 15 is 0 Å². The number of likely N-dealkylation sites (tertiary alicyclic amines) is 1. The van der Waals surface area contributed by atoms with Crippen molar-refractivity contribution in [2.75, 3.05) is 38.5 Å². The third-order valence-electron chi connectivity index (χ3n) is 4.19. The first kappa shape index (κ1) is 17.6. The van der Waals surface area contributed by atoms with Crippen LogP contribution in [-0.4, -0.2) is 54.8 Å². The molecule has 1 atom stereocenters. The predicted molar refractivity (Wildman–Crippen MR) is 92.9 cm³/mol. The average molecular weight is 338 g/mol. The predicted octanol–water partition coefficient (Wildman–Crippen LogP) is 2.71. The number of rotatable bonds is 5. The van der Waals surface area contributed by atoms with E-state index in [2.05, 4.69) is 5.32 Å². The Balaban J connectivity index is 2.05. The number of anilines is 1. The van der Waals surface area contributed by atoms with Crippen LogP contribution in [0.25, 0.3) is 0 Å². The summed E-state index contributed by atoms with van der Waals surface area (Å²) in [5.74, 6) is 0.380. The zero-order chi connectivity index (χ0) is 17.0. The Kier molecular flexibility index (Phi) is 5.88.